The normalized spacial score (nSPS) is 13.3. The number of nitrogens with two attached hydrogens (primary N) is 1. The summed E-state index contributed by atoms with van der Waals surface area (Å²) in [5.74, 6) is 0.530. The second-order valence-electron chi connectivity index (χ2n) is 5.78. The van der Waals surface area contributed by atoms with E-state index in [9.17, 15) is 4.79 Å². The average Bonchev–Trinajstić information content (AvgIpc) is 2.54. The summed E-state index contributed by atoms with van der Waals surface area (Å²) in [6.45, 7) is 4.35. The van der Waals surface area contributed by atoms with E-state index in [2.05, 4.69) is 5.32 Å². The number of rotatable bonds is 8. The van der Waals surface area contributed by atoms with Crippen molar-refractivity contribution in [3.05, 3.63) is 65.7 Å². The zero-order valence-corrected chi connectivity index (χ0v) is 13.7. The number of primary amides is 1. The Bertz CT molecular complexity index is 628. The highest BCUT2D eigenvalue weighted by molar-refractivity contribution is 5.79. The summed E-state index contributed by atoms with van der Waals surface area (Å²) in [6.07, 6.45) is 0.766. The van der Waals surface area contributed by atoms with Crippen LogP contribution in [0.25, 0.3) is 0 Å². The van der Waals surface area contributed by atoms with Gasteiger partial charge in [-0.1, -0.05) is 48.5 Å². The Morgan fingerprint density at radius 2 is 1.74 bits per heavy atom. The molecule has 2 atom stereocenters. The smallest absolute Gasteiger partial charge is 0.234 e. The van der Waals surface area contributed by atoms with Crippen molar-refractivity contribution in [1.82, 2.24) is 5.32 Å². The van der Waals surface area contributed by atoms with Crippen molar-refractivity contribution in [2.75, 3.05) is 0 Å². The molecule has 0 aliphatic carbocycles. The Balaban J connectivity index is 1.98. The number of amides is 1. The molecule has 0 aromatic heterocycles. The molecule has 0 spiro atoms. The van der Waals surface area contributed by atoms with E-state index in [0.29, 0.717) is 6.61 Å². The largest absolute Gasteiger partial charge is 0.489 e. The van der Waals surface area contributed by atoms with E-state index in [0.717, 1.165) is 23.3 Å². The van der Waals surface area contributed by atoms with E-state index in [1.165, 1.54) is 0 Å². The van der Waals surface area contributed by atoms with E-state index in [1.54, 1.807) is 6.92 Å². The second kappa shape index (κ2) is 8.34. The van der Waals surface area contributed by atoms with Crippen molar-refractivity contribution in [3.63, 3.8) is 0 Å². The van der Waals surface area contributed by atoms with E-state index in [1.807, 2.05) is 61.5 Å². The van der Waals surface area contributed by atoms with Crippen LogP contribution in [0.4, 0.5) is 0 Å². The number of para-hydroxylation sites is 1. The molecule has 0 saturated carbocycles. The number of hydrogen-bond donors (Lipinski definition) is 2. The number of ether oxygens (including phenoxy) is 1. The van der Waals surface area contributed by atoms with Gasteiger partial charge in [0.1, 0.15) is 12.4 Å². The zero-order chi connectivity index (χ0) is 16.7. The molecule has 4 heteroatoms. The van der Waals surface area contributed by atoms with Crippen molar-refractivity contribution < 1.29 is 9.53 Å². The molecule has 2 unspecified atom stereocenters. The quantitative estimate of drug-likeness (QED) is 0.787. The molecule has 0 bridgehead atoms. The van der Waals surface area contributed by atoms with Gasteiger partial charge in [0.25, 0.3) is 0 Å². The van der Waals surface area contributed by atoms with Gasteiger partial charge in [0.05, 0.1) is 6.04 Å². The molecule has 23 heavy (non-hydrogen) atoms. The van der Waals surface area contributed by atoms with Crippen molar-refractivity contribution >= 4 is 5.91 Å². The van der Waals surface area contributed by atoms with E-state index >= 15 is 0 Å². The molecular weight excluding hydrogens is 288 g/mol. The van der Waals surface area contributed by atoms with E-state index in [4.69, 9.17) is 10.5 Å². The molecular formula is C19H24N2O2. The number of nitrogens with one attached hydrogen (secondary N) is 1. The molecule has 2 rings (SSSR count). The SMILES string of the molecule is CC(Cc1ccccc1OCc1ccccc1)NC(C)C(N)=O. The molecule has 2 aromatic rings. The van der Waals surface area contributed by atoms with Crippen molar-refractivity contribution in [2.24, 2.45) is 5.73 Å². The van der Waals surface area contributed by atoms with Crippen LogP contribution in [0, 0.1) is 0 Å². The fraction of sp³-hybridized carbons (Fsp3) is 0.316. The maximum atomic E-state index is 11.1. The lowest BCUT2D eigenvalue weighted by Gasteiger charge is -2.19. The van der Waals surface area contributed by atoms with Gasteiger partial charge in [-0.05, 0) is 37.5 Å². The summed E-state index contributed by atoms with van der Waals surface area (Å²) < 4.78 is 5.96. The maximum absolute atomic E-state index is 11.1. The molecule has 2 aromatic carbocycles. The predicted molar refractivity (Wildman–Crippen MR) is 92.2 cm³/mol. The van der Waals surface area contributed by atoms with Crippen LogP contribution in [0.1, 0.15) is 25.0 Å². The maximum Gasteiger partial charge on any atom is 0.234 e. The first-order chi connectivity index (χ1) is 11.1. The Labute approximate surface area is 137 Å². The van der Waals surface area contributed by atoms with Crippen LogP contribution >= 0.6 is 0 Å². The average molecular weight is 312 g/mol. The lowest BCUT2D eigenvalue weighted by Crippen LogP contribution is -2.44. The monoisotopic (exact) mass is 312 g/mol. The number of carbonyl (C=O) groups is 1. The highest BCUT2D eigenvalue weighted by atomic mass is 16.5. The minimum absolute atomic E-state index is 0.124. The third-order valence-electron chi connectivity index (χ3n) is 3.70. The highest BCUT2D eigenvalue weighted by Crippen LogP contribution is 2.21. The summed E-state index contributed by atoms with van der Waals surface area (Å²) >= 11 is 0. The van der Waals surface area contributed by atoms with Crippen LogP contribution in [0.15, 0.2) is 54.6 Å². The van der Waals surface area contributed by atoms with Crippen LogP contribution in [0.2, 0.25) is 0 Å². The topological polar surface area (TPSA) is 64.3 Å². The van der Waals surface area contributed by atoms with Crippen LogP contribution in [0.5, 0.6) is 5.75 Å². The first-order valence-corrected chi connectivity index (χ1v) is 7.86. The Morgan fingerprint density at radius 1 is 1.09 bits per heavy atom. The third-order valence-corrected chi connectivity index (χ3v) is 3.70. The molecule has 0 aliphatic heterocycles. The third kappa shape index (κ3) is 5.42. The van der Waals surface area contributed by atoms with Crippen LogP contribution in [-0.2, 0) is 17.8 Å². The molecule has 0 radical (unpaired) electrons. The lowest BCUT2D eigenvalue weighted by molar-refractivity contribution is -0.119. The van der Waals surface area contributed by atoms with Crippen molar-refractivity contribution in [3.8, 4) is 5.75 Å². The first-order valence-electron chi connectivity index (χ1n) is 7.86. The summed E-state index contributed by atoms with van der Waals surface area (Å²) in [5, 5.41) is 3.20. The first kappa shape index (κ1) is 17.0. The molecule has 4 nitrogen and oxygen atoms in total. The summed E-state index contributed by atoms with van der Waals surface area (Å²) in [7, 11) is 0. The van der Waals surface area contributed by atoms with Gasteiger partial charge in [0.15, 0.2) is 0 Å². The molecule has 1 amide bonds. The molecule has 0 aliphatic rings. The van der Waals surface area contributed by atoms with Gasteiger partial charge in [-0.2, -0.15) is 0 Å². The Kier molecular flexibility index (Phi) is 6.18. The number of carbonyl (C=O) groups excluding carboxylic acids is 1. The highest BCUT2D eigenvalue weighted by Gasteiger charge is 2.14. The molecule has 0 heterocycles. The van der Waals surface area contributed by atoms with E-state index in [-0.39, 0.29) is 18.0 Å². The number of benzene rings is 2. The molecule has 0 fully saturated rings. The van der Waals surface area contributed by atoms with Gasteiger partial charge < -0.3 is 15.8 Å². The van der Waals surface area contributed by atoms with Gasteiger partial charge in [0, 0.05) is 6.04 Å². The summed E-state index contributed by atoms with van der Waals surface area (Å²) in [5.41, 5.74) is 7.54. The van der Waals surface area contributed by atoms with Gasteiger partial charge in [-0.3, -0.25) is 4.79 Å². The lowest BCUT2D eigenvalue weighted by atomic mass is 10.1. The van der Waals surface area contributed by atoms with Crippen molar-refractivity contribution in [2.45, 2.75) is 39.0 Å². The molecule has 3 N–H and O–H groups in total. The fourth-order valence-electron chi connectivity index (χ4n) is 2.45. The van der Waals surface area contributed by atoms with Crippen LogP contribution in [0.3, 0.4) is 0 Å². The fourth-order valence-corrected chi connectivity index (χ4v) is 2.45. The minimum atomic E-state index is -0.345. The summed E-state index contributed by atoms with van der Waals surface area (Å²) in [6, 6.07) is 17.8. The van der Waals surface area contributed by atoms with Crippen molar-refractivity contribution in [1.29, 1.82) is 0 Å². The van der Waals surface area contributed by atoms with Gasteiger partial charge >= 0.3 is 0 Å². The van der Waals surface area contributed by atoms with Crippen LogP contribution < -0.4 is 15.8 Å². The standard InChI is InChI=1S/C19H24N2O2/c1-14(21-15(2)19(20)22)12-17-10-6-7-11-18(17)23-13-16-8-4-3-5-9-16/h3-11,14-15,21H,12-13H2,1-2H3,(H2,20,22). The Morgan fingerprint density at radius 3 is 2.43 bits per heavy atom. The molecule has 122 valence electrons. The predicted octanol–water partition coefficient (Wildman–Crippen LogP) is 2.66. The molecule has 0 saturated heterocycles. The Hall–Kier alpha value is -2.33. The number of hydrogen-bond acceptors (Lipinski definition) is 3. The van der Waals surface area contributed by atoms with Gasteiger partial charge in [0.2, 0.25) is 5.91 Å². The van der Waals surface area contributed by atoms with Crippen LogP contribution in [-0.4, -0.2) is 18.0 Å². The minimum Gasteiger partial charge on any atom is -0.489 e. The summed E-state index contributed by atoms with van der Waals surface area (Å²) in [4.78, 5) is 11.1. The van der Waals surface area contributed by atoms with Gasteiger partial charge in [-0.15, -0.1) is 0 Å². The zero-order valence-electron chi connectivity index (χ0n) is 13.7. The second-order valence-corrected chi connectivity index (χ2v) is 5.78. The van der Waals surface area contributed by atoms with Gasteiger partial charge in [-0.25, -0.2) is 0 Å². The van der Waals surface area contributed by atoms with E-state index < -0.39 is 0 Å².